The van der Waals surface area contributed by atoms with Crippen LogP contribution in [0, 0.1) is 11.6 Å². The summed E-state index contributed by atoms with van der Waals surface area (Å²) in [5.74, 6) is -2.42. The first-order valence-electron chi connectivity index (χ1n) is 8.28. The van der Waals surface area contributed by atoms with Gasteiger partial charge in [-0.05, 0) is 24.6 Å². The Hall–Kier alpha value is -3.17. The average molecular weight is 398 g/mol. The number of aromatic nitrogens is 2. The molecule has 148 valence electrons. The van der Waals surface area contributed by atoms with Gasteiger partial charge in [0, 0.05) is 30.6 Å². The number of nitrogens with one attached hydrogen (secondary N) is 3. The molecule has 3 rings (SSSR count). The fraction of sp³-hybridized carbons (Fsp3) is 0.222. The number of anilines is 2. The predicted octanol–water partition coefficient (Wildman–Crippen LogP) is 4.85. The summed E-state index contributed by atoms with van der Waals surface area (Å²) in [6.07, 6.45) is -3.88. The first-order valence-corrected chi connectivity index (χ1v) is 8.28. The Labute approximate surface area is 156 Å². The summed E-state index contributed by atoms with van der Waals surface area (Å²) >= 11 is 0. The Kier molecular flexibility index (Phi) is 5.48. The molecule has 2 heterocycles. The van der Waals surface area contributed by atoms with Gasteiger partial charge in [-0.1, -0.05) is 6.07 Å². The number of carbonyl (C=O) groups is 1. The first kappa shape index (κ1) is 19.6. The van der Waals surface area contributed by atoms with E-state index >= 15 is 0 Å². The second kappa shape index (κ2) is 7.83. The molecule has 0 aliphatic rings. The summed E-state index contributed by atoms with van der Waals surface area (Å²) in [7, 11) is 0. The molecular formula is C18H15F5N4O. The summed E-state index contributed by atoms with van der Waals surface area (Å²) < 4.78 is 63.1. The van der Waals surface area contributed by atoms with Crippen LogP contribution in [0.2, 0.25) is 0 Å². The van der Waals surface area contributed by atoms with Crippen LogP contribution in [-0.4, -0.2) is 28.6 Å². The van der Waals surface area contributed by atoms with Crippen molar-refractivity contribution in [1.82, 2.24) is 9.97 Å². The van der Waals surface area contributed by atoms with E-state index in [-0.39, 0.29) is 35.6 Å². The standard InChI is InChI=1S/C18H15F5N4O/c19-11-7-10-14(8-12(11)20)25-9-15(10)27-17(28)13-3-1-4-16(26-13)24-6-2-5-18(21,22)23/h1,3-4,7-9,25H,2,5-6H2,(H,24,26)(H,27,28). The van der Waals surface area contributed by atoms with E-state index in [1.54, 1.807) is 0 Å². The molecule has 0 unspecified atom stereocenters. The largest absolute Gasteiger partial charge is 0.389 e. The highest BCUT2D eigenvalue weighted by atomic mass is 19.4. The van der Waals surface area contributed by atoms with Gasteiger partial charge in [0.1, 0.15) is 11.5 Å². The van der Waals surface area contributed by atoms with Gasteiger partial charge < -0.3 is 15.6 Å². The lowest BCUT2D eigenvalue weighted by Crippen LogP contribution is -2.15. The zero-order chi connectivity index (χ0) is 20.3. The van der Waals surface area contributed by atoms with E-state index in [0.29, 0.717) is 5.52 Å². The topological polar surface area (TPSA) is 69.8 Å². The average Bonchev–Trinajstić information content (AvgIpc) is 3.00. The number of halogens is 5. The molecule has 0 bridgehead atoms. The van der Waals surface area contributed by atoms with Crippen molar-refractivity contribution in [3.05, 3.63) is 53.9 Å². The number of pyridine rings is 1. The van der Waals surface area contributed by atoms with E-state index in [1.165, 1.54) is 24.4 Å². The number of hydrogen-bond donors (Lipinski definition) is 3. The second-order valence-corrected chi connectivity index (χ2v) is 6.02. The number of benzene rings is 1. The zero-order valence-electron chi connectivity index (χ0n) is 14.3. The summed E-state index contributed by atoms with van der Waals surface area (Å²) in [5, 5.41) is 5.56. The van der Waals surface area contributed by atoms with Crippen molar-refractivity contribution in [2.45, 2.75) is 19.0 Å². The monoisotopic (exact) mass is 398 g/mol. The molecule has 0 radical (unpaired) electrons. The Bertz CT molecular complexity index is 999. The Morgan fingerprint density at radius 2 is 1.89 bits per heavy atom. The van der Waals surface area contributed by atoms with Crippen molar-refractivity contribution in [3.63, 3.8) is 0 Å². The third kappa shape index (κ3) is 4.76. The normalized spacial score (nSPS) is 11.6. The van der Waals surface area contributed by atoms with Crippen LogP contribution in [0.1, 0.15) is 23.3 Å². The summed E-state index contributed by atoms with van der Waals surface area (Å²) in [5.41, 5.74) is 0.559. The molecule has 3 aromatic rings. The van der Waals surface area contributed by atoms with Gasteiger partial charge in [-0.3, -0.25) is 4.79 Å². The van der Waals surface area contributed by atoms with Crippen molar-refractivity contribution >= 4 is 28.3 Å². The van der Waals surface area contributed by atoms with E-state index in [2.05, 4.69) is 20.6 Å². The van der Waals surface area contributed by atoms with Gasteiger partial charge in [0.25, 0.3) is 5.91 Å². The first-order chi connectivity index (χ1) is 13.2. The fourth-order valence-corrected chi connectivity index (χ4v) is 2.57. The summed E-state index contributed by atoms with van der Waals surface area (Å²) in [4.78, 5) is 19.2. The number of nitrogens with zero attached hydrogens (tertiary/aromatic N) is 1. The van der Waals surface area contributed by atoms with Crippen LogP contribution in [0.25, 0.3) is 10.9 Å². The number of fused-ring (bicyclic) bond motifs is 1. The molecule has 0 fully saturated rings. The predicted molar refractivity (Wildman–Crippen MR) is 94.2 cm³/mol. The molecule has 10 heteroatoms. The lowest BCUT2D eigenvalue weighted by molar-refractivity contribution is -0.134. The number of amides is 1. The Morgan fingerprint density at radius 1 is 1.14 bits per heavy atom. The fourth-order valence-electron chi connectivity index (χ4n) is 2.57. The molecule has 3 N–H and O–H groups in total. The van der Waals surface area contributed by atoms with Gasteiger partial charge in [-0.2, -0.15) is 13.2 Å². The highest BCUT2D eigenvalue weighted by Crippen LogP contribution is 2.26. The van der Waals surface area contributed by atoms with Gasteiger partial charge in [0.15, 0.2) is 11.6 Å². The van der Waals surface area contributed by atoms with Crippen molar-refractivity contribution in [2.24, 2.45) is 0 Å². The van der Waals surface area contributed by atoms with Crippen LogP contribution in [0.5, 0.6) is 0 Å². The molecule has 0 aliphatic carbocycles. The van der Waals surface area contributed by atoms with Gasteiger partial charge in [-0.15, -0.1) is 0 Å². The van der Waals surface area contributed by atoms with Gasteiger partial charge in [0.05, 0.1) is 11.2 Å². The SMILES string of the molecule is O=C(Nc1c[nH]c2cc(F)c(F)cc12)c1cccc(NCCCC(F)(F)F)n1. The zero-order valence-corrected chi connectivity index (χ0v) is 14.3. The highest BCUT2D eigenvalue weighted by molar-refractivity contribution is 6.08. The number of aromatic amines is 1. The van der Waals surface area contributed by atoms with E-state index < -0.39 is 30.1 Å². The minimum Gasteiger partial charge on any atom is -0.370 e. The van der Waals surface area contributed by atoms with Crippen LogP contribution in [0.3, 0.4) is 0 Å². The van der Waals surface area contributed by atoms with Gasteiger partial charge in [-0.25, -0.2) is 13.8 Å². The number of rotatable bonds is 6. The number of hydrogen-bond acceptors (Lipinski definition) is 3. The van der Waals surface area contributed by atoms with E-state index in [0.717, 1.165) is 12.1 Å². The molecule has 5 nitrogen and oxygen atoms in total. The van der Waals surface area contributed by atoms with Gasteiger partial charge in [0.2, 0.25) is 0 Å². The maximum absolute atomic E-state index is 13.4. The molecule has 0 atom stereocenters. The molecule has 0 spiro atoms. The van der Waals surface area contributed by atoms with Crippen LogP contribution in [0.4, 0.5) is 33.5 Å². The quantitative estimate of drug-likeness (QED) is 0.411. The lowest BCUT2D eigenvalue weighted by Gasteiger charge is -2.09. The minimum absolute atomic E-state index is 0.0118. The Balaban J connectivity index is 1.67. The molecular weight excluding hydrogens is 383 g/mol. The summed E-state index contributed by atoms with van der Waals surface area (Å²) in [6, 6.07) is 6.41. The van der Waals surface area contributed by atoms with Crippen LogP contribution >= 0.6 is 0 Å². The molecule has 0 saturated carbocycles. The number of H-pyrrole nitrogens is 1. The van der Waals surface area contributed by atoms with Gasteiger partial charge >= 0.3 is 6.18 Å². The lowest BCUT2D eigenvalue weighted by atomic mass is 10.2. The van der Waals surface area contributed by atoms with E-state index in [9.17, 15) is 26.7 Å². The number of carbonyl (C=O) groups excluding carboxylic acids is 1. The van der Waals surface area contributed by atoms with E-state index in [1.807, 2.05) is 0 Å². The molecule has 0 aliphatic heterocycles. The third-order valence-electron chi connectivity index (χ3n) is 3.90. The van der Waals surface area contributed by atoms with E-state index in [4.69, 9.17) is 0 Å². The Morgan fingerprint density at radius 3 is 2.64 bits per heavy atom. The molecule has 0 saturated heterocycles. The van der Waals surface area contributed by atoms with Crippen molar-refractivity contribution < 1.29 is 26.7 Å². The van der Waals surface area contributed by atoms with Crippen molar-refractivity contribution in [2.75, 3.05) is 17.2 Å². The molecule has 28 heavy (non-hydrogen) atoms. The summed E-state index contributed by atoms with van der Waals surface area (Å²) in [6.45, 7) is 0.0465. The van der Waals surface area contributed by atoms with Crippen molar-refractivity contribution in [3.8, 4) is 0 Å². The highest BCUT2D eigenvalue weighted by Gasteiger charge is 2.25. The maximum atomic E-state index is 13.4. The second-order valence-electron chi connectivity index (χ2n) is 6.02. The molecule has 1 aromatic carbocycles. The van der Waals surface area contributed by atoms with Crippen LogP contribution in [0.15, 0.2) is 36.5 Å². The minimum atomic E-state index is -4.22. The third-order valence-corrected chi connectivity index (χ3v) is 3.90. The smallest absolute Gasteiger partial charge is 0.370 e. The van der Waals surface area contributed by atoms with Crippen molar-refractivity contribution in [1.29, 1.82) is 0 Å². The van der Waals surface area contributed by atoms with Crippen LogP contribution in [-0.2, 0) is 0 Å². The molecule has 1 amide bonds. The maximum Gasteiger partial charge on any atom is 0.389 e. The number of alkyl halides is 3. The molecule has 2 aromatic heterocycles. The van der Waals surface area contributed by atoms with Crippen LogP contribution < -0.4 is 10.6 Å².